The zero-order chi connectivity index (χ0) is 27.2. The molecule has 1 atom stereocenters. The molecule has 2 aromatic carbocycles. The van der Waals surface area contributed by atoms with Crippen LogP contribution in [0.1, 0.15) is 39.9 Å². The van der Waals surface area contributed by atoms with Gasteiger partial charge in [-0.05, 0) is 68.4 Å². The molecule has 3 heterocycles. The van der Waals surface area contributed by atoms with E-state index < -0.39 is 18.0 Å². The maximum absolute atomic E-state index is 11.5. The summed E-state index contributed by atoms with van der Waals surface area (Å²) in [5.74, 6) is 6.23. The van der Waals surface area contributed by atoms with Crippen LogP contribution in [0.5, 0.6) is 5.75 Å². The zero-order valence-electron chi connectivity index (χ0n) is 21.7. The summed E-state index contributed by atoms with van der Waals surface area (Å²) in [6, 6.07) is 11.6. The number of oxime groups is 1. The van der Waals surface area contributed by atoms with Crippen molar-refractivity contribution < 1.29 is 24.3 Å². The molecule has 2 aromatic rings. The SMILES string of the molecule is CN1CCC(/C(=N/O)c2ccc(C#CC3NC(=O)NC3=O)cc2)CC1.COc1ccc2c(c1)C(=O)N(C)C2. The number of hydrogen-bond acceptors (Lipinski definition) is 7. The van der Waals surface area contributed by atoms with Crippen LogP contribution in [0.25, 0.3) is 0 Å². The topological polar surface area (TPSA) is 124 Å². The number of carbonyl (C=O) groups is 3. The lowest BCUT2D eigenvalue weighted by Gasteiger charge is -2.29. The van der Waals surface area contributed by atoms with E-state index in [-0.39, 0.29) is 11.8 Å². The number of benzene rings is 2. The summed E-state index contributed by atoms with van der Waals surface area (Å²) in [6.45, 7) is 2.68. The summed E-state index contributed by atoms with van der Waals surface area (Å²) in [5.41, 5.74) is 4.14. The number of ether oxygens (including phenoxy) is 1. The zero-order valence-corrected chi connectivity index (χ0v) is 21.7. The van der Waals surface area contributed by atoms with Crippen molar-refractivity contribution in [3.63, 3.8) is 0 Å². The van der Waals surface area contributed by atoms with Crippen molar-refractivity contribution in [3.8, 4) is 17.6 Å². The van der Waals surface area contributed by atoms with Crippen LogP contribution < -0.4 is 15.4 Å². The fourth-order valence-electron chi connectivity index (χ4n) is 4.61. The molecular formula is C28H31N5O5. The number of urea groups is 1. The molecule has 0 saturated carbocycles. The number of methoxy groups -OCH3 is 1. The summed E-state index contributed by atoms with van der Waals surface area (Å²) >= 11 is 0. The van der Waals surface area contributed by atoms with E-state index in [0.29, 0.717) is 12.3 Å². The number of imide groups is 1. The Balaban J connectivity index is 0.000000216. The summed E-state index contributed by atoms with van der Waals surface area (Å²) in [5, 5.41) is 17.5. The predicted octanol–water partition coefficient (Wildman–Crippen LogP) is 2.05. The Morgan fingerprint density at radius 1 is 1.08 bits per heavy atom. The number of fused-ring (bicyclic) bond motifs is 1. The molecule has 3 N–H and O–H groups in total. The first kappa shape index (κ1) is 26.7. The monoisotopic (exact) mass is 517 g/mol. The maximum atomic E-state index is 11.5. The van der Waals surface area contributed by atoms with E-state index in [1.807, 2.05) is 36.4 Å². The Hall–Kier alpha value is -4.36. The first-order chi connectivity index (χ1) is 18.3. The fourth-order valence-corrected chi connectivity index (χ4v) is 4.61. The van der Waals surface area contributed by atoms with E-state index in [0.717, 1.165) is 53.9 Å². The number of nitrogens with zero attached hydrogens (tertiary/aromatic N) is 3. The molecule has 3 aliphatic rings. The highest BCUT2D eigenvalue weighted by Gasteiger charge is 2.27. The molecule has 10 nitrogen and oxygen atoms in total. The number of nitrogens with one attached hydrogen (secondary N) is 2. The van der Waals surface area contributed by atoms with Crippen molar-refractivity contribution in [3.05, 3.63) is 64.7 Å². The third-order valence-electron chi connectivity index (χ3n) is 6.83. The molecule has 3 aliphatic heterocycles. The van der Waals surface area contributed by atoms with E-state index in [1.54, 1.807) is 25.1 Å². The standard InChI is InChI=1S/C18H20N4O3.C10H11NO2/c1-22-10-8-14(9-11-22)16(21-25)13-5-2-12(3-6-13)4-7-15-17(23)20-18(24)19-15;1-11-6-7-3-4-8(13-2)5-9(7)10(11)12/h2-3,5-6,14-15,25H,8-11H2,1H3,(H2,19,20,23,24);3-5H,6H2,1-2H3/b21-16+;. The number of likely N-dealkylation sites (tertiary alicyclic amines) is 1. The number of rotatable bonds is 3. The second kappa shape index (κ2) is 11.8. The van der Waals surface area contributed by atoms with E-state index in [4.69, 9.17) is 4.74 Å². The van der Waals surface area contributed by atoms with Gasteiger partial charge in [-0.15, -0.1) is 0 Å². The Morgan fingerprint density at radius 3 is 2.39 bits per heavy atom. The van der Waals surface area contributed by atoms with Gasteiger partial charge >= 0.3 is 6.03 Å². The van der Waals surface area contributed by atoms with Crippen molar-refractivity contribution in [1.29, 1.82) is 0 Å². The molecule has 5 rings (SSSR count). The summed E-state index contributed by atoms with van der Waals surface area (Å²) in [6.07, 6.45) is 1.93. The molecule has 198 valence electrons. The normalized spacial score (nSPS) is 19.6. The van der Waals surface area contributed by atoms with Crippen molar-refractivity contribution >= 4 is 23.6 Å². The van der Waals surface area contributed by atoms with Crippen molar-refractivity contribution in [2.45, 2.75) is 25.4 Å². The Morgan fingerprint density at radius 2 is 1.79 bits per heavy atom. The van der Waals surface area contributed by atoms with Gasteiger partial charge in [-0.1, -0.05) is 35.2 Å². The Bertz CT molecular complexity index is 1300. The second-order valence-electron chi connectivity index (χ2n) is 9.49. The van der Waals surface area contributed by atoms with Gasteiger partial charge in [0.15, 0.2) is 6.04 Å². The van der Waals surface area contributed by atoms with Crippen molar-refractivity contribution in [1.82, 2.24) is 20.4 Å². The molecule has 10 heteroatoms. The van der Waals surface area contributed by atoms with Gasteiger partial charge in [-0.2, -0.15) is 0 Å². The highest BCUT2D eigenvalue weighted by Crippen LogP contribution is 2.25. The largest absolute Gasteiger partial charge is 0.497 e. The highest BCUT2D eigenvalue weighted by atomic mass is 16.5. The van der Waals surface area contributed by atoms with E-state index in [9.17, 15) is 19.6 Å². The van der Waals surface area contributed by atoms with Crippen LogP contribution in [-0.2, 0) is 11.3 Å². The Kier molecular flexibility index (Phi) is 8.28. The molecule has 2 saturated heterocycles. The van der Waals surface area contributed by atoms with E-state index in [2.05, 4.69) is 39.6 Å². The van der Waals surface area contributed by atoms with Crippen LogP contribution in [0.2, 0.25) is 0 Å². The lowest BCUT2D eigenvalue weighted by atomic mass is 9.88. The second-order valence-corrected chi connectivity index (χ2v) is 9.49. The number of hydrogen-bond donors (Lipinski definition) is 3. The molecule has 2 fully saturated rings. The molecule has 0 radical (unpaired) electrons. The molecule has 4 amide bonds. The average molecular weight is 518 g/mol. The molecule has 1 unspecified atom stereocenters. The first-order valence-electron chi connectivity index (χ1n) is 12.3. The number of amides is 4. The molecule has 38 heavy (non-hydrogen) atoms. The molecule has 0 bridgehead atoms. The van der Waals surface area contributed by atoms with Gasteiger partial charge < -0.3 is 25.1 Å². The van der Waals surface area contributed by atoms with Crippen LogP contribution in [-0.4, -0.2) is 78.9 Å². The van der Waals surface area contributed by atoms with Gasteiger partial charge in [0.1, 0.15) is 5.75 Å². The van der Waals surface area contributed by atoms with Gasteiger partial charge in [0.2, 0.25) is 0 Å². The summed E-state index contributed by atoms with van der Waals surface area (Å²) in [4.78, 5) is 38.0. The van der Waals surface area contributed by atoms with Gasteiger partial charge in [0.25, 0.3) is 11.8 Å². The number of piperidine rings is 1. The van der Waals surface area contributed by atoms with Crippen LogP contribution in [0.4, 0.5) is 4.79 Å². The summed E-state index contributed by atoms with van der Waals surface area (Å²) in [7, 11) is 5.49. The van der Waals surface area contributed by atoms with E-state index in [1.165, 1.54) is 0 Å². The minimum Gasteiger partial charge on any atom is -0.497 e. The smallest absolute Gasteiger partial charge is 0.322 e. The maximum Gasteiger partial charge on any atom is 0.322 e. The van der Waals surface area contributed by atoms with Gasteiger partial charge in [-0.3, -0.25) is 14.9 Å². The van der Waals surface area contributed by atoms with Gasteiger partial charge in [0, 0.05) is 30.6 Å². The van der Waals surface area contributed by atoms with E-state index >= 15 is 0 Å². The van der Waals surface area contributed by atoms with Crippen LogP contribution >= 0.6 is 0 Å². The lowest BCUT2D eigenvalue weighted by molar-refractivity contribution is -0.119. The average Bonchev–Trinajstić information content (AvgIpc) is 3.40. The number of carbonyl (C=O) groups excluding carboxylic acids is 3. The van der Waals surface area contributed by atoms with Crippen molar-refractivity contribution in [2.75, 3.05) is 34.3 Å². The lowest BCUT2D eigenvalue weighted by Crippen LogP contribution is -2.33. The minimum atomic E-state index is -0.819. The van der Waals surface area contributed by atoms with Gasteiger partial charge in [-0.25, -0.2) is 4.79 Å². The first-order valence-corrected chi connectivity index (χ1v) is 12.3. The van der Waals surface area contributed by atoms with Crippen LogP contribution in [0.15, 0.2) is 47.6 Å². The quantitative estimate of drug-likeness (QED) is 0.188. The fraction of sp³-hybridized carbons (Fsp3) is 0.357. The molecule has 0 spiro atoms. The van der Waals surface area contributed by atoms with Crippen molar-refractivity contribution in [2.24, 2.45) is 11.1 Å². The Labute approximate surface area is 221 Å². The van der Waals surface area contributed by atoms with Crippen LogP contribution in [0.3, 0.4) is 0 Å². The molecular weight excluding hydrogens is 486 g/mol. The third kappa shape index (κ3) is 6.12. The molecule has 0 aliphatic carbocycles. The minimum absolute atomic E-state index is 0.0777. The van der Waals surface area contributed by atoms with Crippen LogP contribution in [0, 0.1) is 17.8 Å². The predicted molar refractivity (Wildman–Crippen MR) is 141 cm³/mol. The molecule has 0 aromatic heterocycles. The summed E-state index contributed by atoms with van der Waals surface area (Å²) < 4.78 is 5.05. The third-order valence-corrected chi connectivity index (χ3v) is 6.83. The van der Waals surface area contributed by atoms with Gasteiger partial charge in [0.05, 0.1) is 12.8 Å². The highest BCUT2D eigenvalue weighted by molar-refractivity contribution is 6.06.